The molecule has 3 N–H and O–H groups in total. The Labute approximate surface area is 240 Å². The van der Waals surface area contributed by atoms with Crippen molar-refractivity contribution in [1.82, 2.24) is 24.3 Å². The predicted octanol–water partition coefficient (Wildman–Crippen LogP) is 3.32. The van der Waals surface area contributed by atoms with Crippen LogP contribution in [0.25, 0.3) is 10.9 Å². The molecule has 12 heteroatoms. The highest BCUT2D eigenvalue weighted by atomic mass is 19.1. The number of rotatable bonds is 7. The number of benzene rings is 3. The van der Waals surface area contributed by atoms with Crippen LogP contribution in [0.3, 0.4) is 0 Å². The van der Waals surface area contributed by atoms with Crippen LogP contribution in [0.5, 0.6) is 0 Å². The molecule has 0 radical (unpaired) electrons. The van der Waals surface area contributed by atoms with Crippen molar-refractivity contribution in [3.8, 4) is 0 Å². The fourth-order valence-electron chi connectivity index (χ4n) is 5.61. The Morgan fingerprint density at radius 2 is 1.71 bits per heavy atom. The summed E-state index contributed by atoms with van der Waals surface area (Å²) in [5, 5.41) is 16.8. The van der Waals surface area contributed by atoms with Crippen molar-refractivity contribution >= 4 is 28.2 Å². The molecule has 216 valence electrons. The van der Waals surface area contributed by atoms with Crippen LogP contribution in [-0.2, 0) is 12.1 Å². The van der Waals surface area contributed by atoms with Crippen molar-refractivity contribution in [3.63, 3.8) is 0 Å². The first-order valence-electron chi connectivity index (χ1n) is 13.6. The molecule has 5 aromatic rings. The van der Waals surface area contributed by atoms with Gasteiger partial charge in [0.2, 0.25) is 5.95 Å². The van der Waals surface area contributed by atoms with Crippen LogP contribution in [0.2, 0.25) is 0 Å². The first-order chi connectivity index (χ1) is 20.2. The van der Waals surface area contributed by atoms with Crippen LogP contribution in [0.1, 0.15) is 18.5 Å². The quantitative estimate of drug-likeness (QED) is 0.285. The van der Waals surface area contributed by atoms with Crippen LogP contribution < -0.4 is 21.1 Å². The van der Waals surface area contributed by atoms with Crippen LogP contribution >= 0.6 is 0 Å². The van der Waals surface area contributed by atoms with Crippen molar-refractivity contribution in [2.75, 3.05) is 41.7 Å². The number of aliphatic hydroxyl groups is 1. The summed E-state index contributed by atoms with van der Waals surface area (Å²) in [5.41, 5.74) is 5.49. The highest BCUT2D eigenvalue weighted by Crippen LogP contribution is 2.38. The topological polar surface area (TPSA) is 118 Å². The zero-order valence-corrected chi connectivity index (χ0v) is 22.9. The van der Waals surface area contributed by atoms with Gasteiger partial charge in [-0.15, -0.1) is 0 Å². The lowest BCUT2D eigenvalue weighted by Gasteiger charge is -2.40. The zero-order valence-electron chi connectivity index (χ0n) is 22.9. The van der Waals surface area contributed by atoms with Crippen molar-refractivity contribution in [3.05, 3.63) is 107 Å². The molecule has 1 saturated heterocycles. The van der Waals surface area contributed by atoms with E-state index in [1.165, 1.54) is 28.0 Å². The zero-order chi connectivity index (χ0) is 29.4. The van der Waals surface area contributed by atoms with Gasteiger partial charge in [-0.05, 0) is 49.4 Å². The number of hydrogen-bond acceptors (Lipinski definition) is 8. The molecule has 0 aliphatic carbocycles. The molecule has 3 heterocycles. The summed E-state index contributed by atoms with van der Waals surface area (Å²) in [6.45, 7) is 3.75. The smallest absolute Gasteiger partial charge is 0.263 e. The van der Waals surface area contributed by atoms with E-state index in [9.17, 15) is 14.3 Å². The molecule has 1 fully saturated rings. The number of halogens is 2. The minimum absolute atomic E-state index is 0.175. The summed E-state index contributed by atoms with van der Waals surface area (Å²) in [4.78, 5) is 27.2. The maximum absolute atomic E-state index is 15.3. The second-order valence-corrected chi connectivity index (χ2v) is 10.5. The summed E-state index contributed by atoms with van der Waals surface area (Å²) in [7, 11) is 0. The molecule has 0 amide bonds. The number of aromatic nitrogens is 5. The Bertz CT molecular complexity index is 1770. The van der Waals surface area contributed by atoms with Gasteiger partial charge in [0, 0.05) is 49.2 Å². The molecule has 42 heavy (non-hydrogen) atoms. The average molecular weight is 573 g/mol. The first kappa shape index (κ1) is 27.3. The van der Waals surface area contributed by atoms with E-state index in [4.69, 9.17) is 10.7 Å². The van der Waals surface area contributed by atoms with Crippen molar-refractivity contribution in [2.45, 2.75) is 25.1 Å². The van der Waals surface area contributed by atoms with E-state index in [1.807, 2.05) is 29.2 Å². The Morgan fingerprint density at radius 3 is 2.40 bits per heavy atom. The number of hydrogen-bond donors (Lipinski definition) is 2. The standard InChI is InChI=1S/C30H30F2N8O2/c1-20(30(42,17-39-19-34-18-35-39)25-11-6-21(31)16-26(25)32)40-28(41)24-4-2-3-5-27(24)36-29(40)38-14-12-37(13-15-38)23-9-7-22(33)8-10-23/h2-11,16,18-20,42H,12-15,17,33H2,1H3. The Hall–Kier alpha value is -4.84. The van der Waals surface area contributed by atoms with Gasteiger partial charge in [0.05, 0.1) is 23.5 Å². The van der Waals surface area contributed by atoms with Crippen molar-refractivity contribution < 1.29 is 13.9 Å². The molecule has 2 unspecified atom stereocenters. The fraction of sp³-hybridized carbons (Fsp3) is 0.267. The number of nitrogen functional groups attached to an aromatic ring is 1. The number of fused-ring (bicyclic) bond motifs is 1. The van der Waals surface area contributed by atoms with Gasteiger partial charge < -0.3 is 20.6 Å². The Kier molecular flexibility index (Phi) is 7.07. The minimum atomic E-state index is -2.04. The molecule has 2 atom stereocenters. The highest BCUT2D eigenvalue weighted by Gasteiger charge is 2.42. The lowest BCUT2D eigenvalue weighted by molar-refractivity contribution is -0.0338. The SMILES string of the molecule is CC(n1c(N2CCN(c3ccc(N)cc3)CC2)nc2ccccc2c1=O)C(O)(Cn1cncn1)c1ccc(F)cc1F. The lowest BCUT2D eigenvalue weighted by atomic mass is 9.86. The number of nitrogens with two attached hydrogens (primary N) is 1. The van der Waals surface area contributed by atoms with Gasteiger partial charge >= 0.3 is 0 Å². The molecule has 6 rings (SSSR count). The monoisotopic (exact) mass is 572 g/mol. The van der Waals surface area contributed by atoms with Crippen LogP contribution in [0.15, 0.2) is 84.2 Å². The molecule has 3 aromatic carbocycles. The normalized spacial score (nSPS) is 16.0. The van der Waals surface area contributed by atoms with Crippen molar-refractivity contribution in [2.24, 2.45) is 0 Å². The van der Waals surface area contributed by atoms with E-state index >= 15 is 4.39 Å². The number of nitrogens with zero attached hydrogens (tertiary/aromatic N) is 7. The number of para-hydroxylation sites is 1. The van der Waals surface area contributed by atoms with Gasteiger partial charge in [-0.25, -0.2) is 23.4 Å². The predicted molar refractivity (Wildman–Crippen MR) is 156 cm³/mol. The Morgan fingerprint density at radius 1 is 1.00 bits per heavy atom. The van der Waals surface area contributed by atoms with Gasteiger partial charge in [-0.1, -0.05) is 18.2 Å². The van der Waals surface area contributed by atoms with E-state index < -0.39 is 23.3 Å². The van der Waals surface area contributed by atoms with E-state index in [-0.39, 0.29) is 17.7 Å². The Balaban J connectivity index is 1.45. The summed E-state index contributed by atoms with van der Waals surface area (Å²) >= 11 is 0. The fourth-order valence-corrected chi connectivity index (χ4v) is 5.61. The van der Waals surface area contributed by atoms with Gasteiger partial charge in [-0.3, -0.25) is 9.36 Å². The lowest BCUT2D eigenvalue weighted by Crippen LogP contribution is -2.50. The number of anilines is 3. The molecule has 1 aliphatic heterocycles. The molecule has 0 saturated carbocycles. The van der Waals surface area contributed by atoms with E-state index in [0.29, 0.717) is 54.8 Å². The average Bonchev–Trinajstić information content (AvgIpc) is 3.50. The number of piperazine rings is 1. The molecule has 0 spiro atoms. The maximum Gasteiger partial charge on any atom is 0.263 e. The summed E-state index contributed by atoms with van der Waals surface area (Å²) in [5.74, 6) is -1.37. The van der Waals surface area contributed by atoms with Gasteiger partial charge in [0.1, 0.15) is 29.9 Å². The van der Waals surface area contributed by atoms with E-state index in [1.54, 1.807) is 31.2 Å². The van der Waals surface area contributed by atoms with Gasteiger partial charge in [-0.2, -0.15) is 5.10 Å². The third-order valence-corrected chi connectivity index (χ3v) is 7.96. The van der Waals surface area contributed by atoms with Gasteiger partial charge in [0.15, 0.2) is 0 Å². The molecule has 2 aromatic heterocycles. The van der Waals surface area contributed by atoms with Crippen molar-refractivity contribution in [1.29, 1.82) is 0 Å². The second-order valence-electron chi connectivity index (χ2n) is 10.5. The third kappa shape index (κ3) is 4.94. The molecular formula is C30H30F2N8O2. The summed E-state index contributed by atoms with van der Waals surface area (Å²) < 4.78 is 32.0. The van der Waals surface area contributed by atoms with Gasteiger partial charge in [0.25, 0.3) is 5.56 Å². The van der Waals surface area contributed by atoms with Crippen LogP contribution in [0.4, 0.5) is 26.1 Å². The summed E-state index contributed by atoms with van der Waals surface area (Å²) in [6.07, 6.45) is 2.68. The van der Waals surface area contributed by atoms with Crippen LogP contribution in [-0.4, -0.2) is 55.6 Å². The highest BCUT2D eigenvalue weighted by molar-refractivity contribution is 5.78. The van der Waals surface area contributed by atoms with E-state index in [2.05, 4.69) is 15.0 Å². The molecule has 0 bridgehead atoms. The molecule has 1 aliphatic rings. The summed E-state index contributed by atoms with van der Waals surface area (Å²) in [6, 6.07) is 16.6. The largest absolute Gasteiger partial charge is 0.399 e. The second kappa shape index (κ2) is 10.9. The molecular weight excluding hydrogens is 542 g/mol. The minimum Gasteiger partial charge on any atom is -0.399 e. The molecule has 10 nitrogen and oxygen atoms in total. The first-order valence-corrected chi connectivity index (χ1v) is 13.6. The maximum atomic E-state index is 15.3. The van der Waals surface area contributed by atoms with Crippen LogP contribution in [0, 0.1) is 11.6 Å². The third-order valence-electron chi connectivity index (χ3n) is 7.96. The van der Waals surface area contributed by atoms with E-state index in [0.717, 1.165) is 11.8 Å².